The van der Waals surface area contributed by atoms with Gasteiger partial charge in [0.1, 0.15) is 0 Å². The average molecular weight is 463 g/mol. The third kappa shape index (κ3) is 4.56. The lowest BCUT2D eigenvalue weighted by atomic mass is 10.1. The van der Waals surface area contributed by atoms with Crippen LogP contribution in [0, 0.1) is 6.92 Å². The van der Waals surface area contributed by atoms with Gasteiger partial charge in [0.15, 0.2) is 5.82 Å². The third-order valence-electron chi connectivity index (χ3n) is 5.35. The van der Waals surface area contributed by atoms with Crippen LogP contribution in [0.25, 0.3) is 0 Å². The van der Waals surface area contributed by atoms with Crippen molar-refractivity contribution in [2.75, 3.05) is 16.8 Å². The molecule has 162 valence electrons. The second-order valence-corrected chi connectivity index (χ2v) is 9.58. The van der Waals surface area contributed by atoms with E-state index in [0.717, 1.165) is 30.1 Å². The molecule has 32 heavy (non-hydrogen) atoms. The highest BCUT2D eigenvalue weighted by molar-refractivity contribution is 7.98. The zero-order valence-electron chi connectivity index (χ0n) is 17.6. The van der Waals surface area contributed by atoms with Gasteiger partial charge < -0.3 is 14.7 Å². The van der Waals surface area contributed by atoms with Gasteiger partial charge in [0.05, 0.1) is 11.3 Å². The van der Waals surface area contributed by atoms with Gasteiger partial charge in [-0.15, -0.1) is 23.1 Å². The topological polar surface area (TPSA) is 71.3 Å². The molecule has 1 N–H and O–H groups in total. The predicted octanol–water partition coefficient (Wildman–Crippen LogP) is 5.55. The lowest BCUT2D eigenvalue weighted by Gasteiger charge is -2.29. The van der Waals surface area contributed by atoms with E-state index in [2.05, 4.69) is 43.9 Å². The molecule has 0 saturated carbocycles. The molecule has 4 aromatic rings. The molecule has 2 aromatic heterocycles. The summed E-state index contributed by atoms with van der Waals surface area (Å²) in [4.78, 5) is 21.9. The number of nitrogens with zero attached hydrogens (tertiary/aromatic N) is 3. The molecular weight excluding hydrogens is 440 g/mol. The Kier molecular flexibility index (Phi) is 5.96. The standard InChI is InChI=1S/C24H22N4O2S2/c1-16-25-23(30-27-16)15-32-22-5-3-2-4-20(22)24(29)26-18-6-8-19(9-7-18)28-12-10-21-17(14-28)11-13-31-21/h2-9,11,13H,10,12,14-15H2,1H3,(H,26,29). The first-order chi connectivity index (χ1) is 15.7. The number of nitrogens with one attached hydrogen (secondary N) is 1. The van der Waals surface area contributed by atoms with Crippen molar-refractivity contribution in [3.63, 3.8) is 0 Å². The number of anilines is 2. The van der Waals surface area contributed by atoms with Crippen LogP contribution in [-0.2, 0) is 18.7 Å². The van der Waals surface area contributed by atoms with Crippen LogP contribution in [0.3, 0.4) is 0 Å². The summed E-state index contributed by atoms with van der Waals surface area (Å²) in [5, 5.41) is 9.00. The maximum absolute atomic E-state index is 13.0. The molecule has 0 unspecified atom stereocenters. The highest BCUT2D eigenvalue weighted by Gasteiger charge is 2.18. The van der Waals surface area contributed by atoms with Crippen molar-refractivity contribution >= 4 is 40.4 Å². The maximum Gasteiger partial charge on any atom is 0.256 e. The molecule has 0 atom stereocenters. The van der Waals surface area contributed by atoms with Gasteiger partial charge in [0, 0.05) is 34.2 Å². The number of fused-ring (bicyclic) bond motifs is 1. The normalized spacial score (nSPS) is 13.1. The van der Waals surface area contributed by atoms with Gasteiger partial charge >= 0.3 is 0 Å². The molecule has 6 nitrogen and oxygen atoms in total. The van der Waals surface area contributed by atoms with Gasteiger partial charge in [-0.1, -0.05) is 17.3 Å². The van der Waals surface area contributed by atoms with Crippen LogP contribution in [0.5, 0.6) is 0 Å². The van der Waals surface area contributed by atoms with Crippen LogP contribution in [0.1, 0.15) is 32.5 Å². The fraction of sp³-hybridized carbons (Fsp3) is 0.208. The third-order valence-corrected chi connectivity index (χ3v) is 7.43. The number of thioether (sulfide) groups is 1. The molecule has 0 spiro atoms. The molecule has 8 heteroatoms. The summed E-state index contributed by atoms with van der Waals surface area (Å²) in [5.74, 6) is 1.53. The Morgan fingerprint density at radius 3 is 2.84 bits per heavy atom. The zero-order chi connectivity index (χ0) is 21.9. The van der Waals surface area contributed by atoms with Crippen molar-refractivity contribution < 1.29 is 9.32 Å². The van der Waals surface area contributed by atoms with Gasteiger partial charge in [-0.25, -0.2) is 0 Å². The van der Waals surface area contributed by atoms with E-state index in [1.807, 2.05) is 47.7 Å². The summed E-state index contributed by atoms with van der Waals surface area (Å²) in [7, 11) is 0. The van der Waals surface area contributed by atoms with Crippen LogP contribution in [0.15, 0.2) is 69.4 Å². The quantitative estimate of drug-likeness (QED) is 0.379. The first kappa shape index (κ1) is 20.8. The van der Waals surface area contributed by atoms with Crippen LogP contribution in [0.2, 0.25) is 0 Å². The number of hydrogen-bond acceptors (Lipinski definition) is 7. The fourth-order valence-electron chi connectivity index (χ4n) is 3.74. The second-order valence-electron chi connectivity index (χ2n) is 7.56. The van der Waals surface area contributed by atoms with Gasteiger partial charge in [-0.2, -0.15) is 4.98 Å². The van der Waals surface area contributed by atoms with E-state index < -0.39 is 0 Å². The Bertz CT molecular complexity index is 1230. The molecule has 0 aliphatic carbocycles. The summed E-state index contributed by atoms with van der Waals surface area (Å²) in [5.41, 5.74) is 3.99. The predicted molar refractivity (Wildman–Crippen MR) is 129 cm³/mol. The summed E-state index contributed by atoms with van der Waals surface area (Å²) >= 11 is 3.35. The molecule has 0 bridgehead atoms. The van der Waals surface area contributed by atoms with Gasteiger partial charge in [-0.05, 0) is 66.8 Å². The summed E-state index contributed by atoms with van der Waals surface area (Å²) in [6, 6.07) is 17.9. The Morgan fingerprint density at radius 2 is 2.03 bits per heavy atom. The summed E-state index contributed by atoms with van der Waals surface area (Å²) in [6.45, 7) is 3.74. The van der Waals surface area contributed by atoms with Crippen molar-refractivity contribution in [2.45, 2.75) is 30.5 Å². The van der Waals surface area contributed by atoms with Crippen LogP contribution in [-0.4, -0.2) is 22.6 Å². The minimum Gasteiger partial charge on any atom is -0.367 e. The number of amides is 1. The first-order valence-corrected chi connectivity index (χ1v) is 12.2. The van der Waals surface area contributed by atoms with Crippen LogP contribution in [0.4, 0.5) is 11.4 Å². The molecule has 3 heterocycles. The average Bonchev–Trinajstić information content (AvgIpc) is 3.46. The molecule has 0 fully saturated rings. The van der Waals surface area contributed by atoms with Crippen molar-refractivity contribution in [1.82, 2.24) is 10.1 Å². The largest absolute Gasteiger partial charge is 0.367 e. The van der Waals surface area contributed by atoms with Crippen LogP contribution >= 0.6 is 23.1 Å². The van der Waals surface area contributed by atoms with E-state index in [1.54, 1.807) is 6.92 Å². The highest BCUT2D eigenvalue weighted by atomic mass is 32.2. The molecule has 2 aromatic carbocycles. The van der Waals surface area contributed by atoms with Crippen molar-refractivity contribution in [1.29, 1.82) is 0 Å². The lowest BCUT2D eigenvalue weighted by Crippen LogP contribution is -2.29. The molecule has 0 saturated heterocycles. The minimum absolute atomic E-state index is 0.136. The summed E-state index contributed by atoms with van der Waals surface area (Å²) < 4.78 is 5.17. The van der Waals surface area contributed by atoms with E-state index in [4.69, 9.17) is 4.52 Å². The molecule has 1 aliphatic heterocycles. The zero-order valence-corrected chi connectivity index (χ0v) is 19.2. The van der Waals surface area contributed by atoms with Gasteiger partial charge in [0.2, 0.25) is 5.89 Å². The Balaban J connectivity index is 1.24. The number of carbonyl (C=O) groups is 1. The second kappa shape index (κ2) is 9.18. The Morgan fingerprint density at radius 1 is 1.19 bits per heavy atom. The number of aromatic nitrogens is 2. The van der Waals surface area contributed by atoms with E-state index in [9.17, 15) is 4.79 Å². The number of thiophene rings is 1. The van der Waals surface area contributed by atoms with E-state index in [1.165, 1.54) is 27.9 Å². The van der Waals surface area contributed by atoms with E-state index in [0.29, 0.717) is 23.0 Å². The molecule has 5 rings (SSSR count). The fourth-order valence-corrected chi connectivity index (χ4v) is 5.52. The van der Waals surface area contributed by atoms with Crippen molar-refractivity contribution in [3.05, 3.63) is 87.7 Å². The maximum atomic E-state index is 13.0. The van der Waals surface area contributed by atoms with Gasteiger partial charge in [-0.3, -0.25) is 4.79 Å². The van der Waals surface area contributed by atoms with E-state index >= 15 is 0 Å². The molecule has 1 aliphatic rings. The van der Waals surface area contributed by atoms with Gasteiger partial charge in [0.25, 0.3) is 5.91 Å². The highest BCUT2D eigenvalue weighted by Crippen LogP contribution is 2.29. The number of aryl methyl sites for hydroxylation is 1. The Hall–Kier alpha value is -3.10. The number of rotatable bonds is 6. The SMILES string of the molecule is Cc1noc(CSc2ccccc2C(=O)Nc2ccc(N3CCc4sccc4C3)cc2)n1. The molecular formula is C24H22N4O2S2. The Labute approximate surface area is 194 Å². The van der Waals surface area contributed by atoms with Crippen molar-refractivity contribution in [3.8, 4) is 0 Å². The van der Waals surface area contributed by atoms with Crippen molar-refractivity contribution in [2.24, 2.45) is 0 Å². The first-order valence-electron chi connectivity index (χ1n) is 10.4. The molecule has 0 radical (unpaired) electrons. The molecule has 1 amide bonds. The van der Waals surface area contributed by atoms with Crippen LogP contribution < -0.4 is 10.2 Å². The lowest BCUT2D eigenvalue weighted by molar-refractivity contribution is 0.102. The number of hydrogen-bond donors (Lipinski definition) is 1. The summed E-state index contributed by atoms with van der Waals surface area (Å²) in [6.07, 6.45) is 1.09. The smallest absolute Gasteiger partial charge is 0.256 e. The monoisotopic (exact) mass is 462 g/mol. The van der Waals surface area contributed by atoms with E-state index in [-0.39, 0.29) is 5.91 Å². The number of benzene rings is 2. The number of carbonyl (C=O) groups excluding carboxylic acids is 1. The minimum atomic E-state index is -0.136.